The van der Waals surface area contributed by atoms with Crippen LogP contribution in [-0.2, 0) is 16.1 Å². The van der Waals surface area contributed by atoms with E-state index in [1.807, 2.05) is 25.1 Å². The number of rotatable bonds is 7. The highest BCUT2D eigenvalue weighted by Gasteiger charge is 2.46. The largest absolute Gasteiger partial charge is 0.394 e. The van der Waals surface area contributed by atoms with Gasteiger partial charge in [0.1, 0.15) is 36.8 Å². The van der Waals surface area contributed by atoms with E-state index in [-0.39, 0.29) is 10.6 Å². The number of aryl methyl sites for hydroxylation is 1. The van der Waals surface area contributed by atoms with E-state index in [2.05, 4.69) is 31.7 Å². The molecule has 6 N–H and O–H groups in total. The summed E-state index contributed by atoms with van der Waals surface area (Å²) < 4.78 is 7.42. The maximum Gasteiger partial charge on any atom is 0.250 e. The first-order valence-electron chi connectivity index (χ1n) is 11.9. The zero-order chi connectivity index (χ0) is 27.0. The number of imidazole rings is 1. The second-order valence-corrected chi connectivity index (χ2v) is 9.63. The zero-order valence-corrected chi connectivity index (χ0v) is 21.0. The summed E-state index contributed by atoms with van der Waals surface area (Å²) in [5.41, 5.74) is 2.89. The van der Waals surface area contributed by atoms with Crippen molar-refractivity contribution >= 4 is 34.5 Å². The number of anilines is 1. The minimum Gasteiger partial charge on any atom is -0.394 e. The molecule has 1 aliphatic heterocycles. The molecule has 13 heteroatoms. The third-order valence-electron chi connectivity index (χ3n) is 6.61. The normalized spacial score (nSPS) is 27.2. The smallest absolute Gasteiger partial charge is 0.250 e. The van der Waals surface area contributed by atoms with Crippen molar-refractivity contribution in [3.05, 3.63) is 70.8 Å². The van der Waals surface area contributed by atoms with Gasteiger partial charge in [-0.3, -0.25) is 9.36 Å². The van der Waals surface area contributed by atoms with E-state index in [9.17, 15) is 25.2 Å². The topological polar surface area (TPSA) is 175 Å². The Kier molecular flexibility index (Phi) is 7.43. The lowest BCUT2D eigenvalue weighted by atomic mass is 9.97. The van der Waals surface area contributed by atoms with Crippen molar-refractivity contribution in [1.29, 1.82) is 0 Å². The fraction of sp³-hybridized carbons (Fsp3) is 0.360. The van der Waals surface area contributed by atoms with Crippen LogP contribution in [0.15, 0.2) is 59.7 Å². The Balaban J connectivity index is 1.41. The highest BCUT2D eigenvalue weighted by molar-refractivity contribution is 6.30. The number of nitrogens with zero attached hydrogens (tertiary/aromatic N) is 4. The molecule has 2 aromatic heterocycles. The van der Waals surface area contributed by atoms with Gasteiger partial charge < -0.3 is 35.8 Å². The van der Waals surface area contributed by atoms with Crippen molar-refractivity contribution in [3.8, 4) is 0 Å². The van der Waals surface area contributed by atoms with Crippen LogP contribution < -0.4 is 10.6 Å². The highest BCUT2D eigenvalue weighted by Crippen LogP contribution is 2.33. The lowest BCUT2D eigenvalue weighted by Gasteiger charge is -2.27. The molecule has 0 radical (unpaired) electrons. The van der Waals surface area contributed by atoms with Crippen molar-refractivity contribution in [2.45, 2.75) is 50.2 Å². The standard InChI is InChI=1S/C25H27ClN6O6/c1-12-3-2-4-13(7-12)8-27-22-18-23(29-10-28-22)32(11-30-18)25-17(21(36)16(9-33)38-25)31-24(37)14-5-6-15(26)20(35)19(14)34/h2-7,10-11,16-17,19-21,25,33-36H,8-9H2,1H3,(H,31,37)(H,27,28,29)/t16-,17-,19?,20?,21-,25-/m1/s1. The molecule has 1 saturated heterocycles. The molecule has 200 valence electrons. The molecule has 0 bridgehead atoms. The van der Waals surface area contributed by atoms with Crippen LogP contribution in [0.1, 0.15) is 17.4 Å². The van der Waals surface area contributed by atoms with Gasteiger partial charge in [0.25, 0.3) is 0 Å². The summed E-state index contributed by atoms with van der Waals surface area (Å²) in [6.45, 7) is 2.02. The number of amides is 1. The highest BCUT2D eigenvalue weighted by atomic mass is 35.5. The number of allylic oxidation sites excluding steroid dienone is 2. The molecular weight excluding hydrogens is 516 g/mol. The molecule has 0 spiro atoms. The molecule has 38 heavy (non-hydrogen) atoms. The van der Waals surface area contributed by atoms with Crippen molar-refractivity contribution in [2.75, 3.05) is 11.9 Å². The molecule has 0 saturated carbocycles. The van der Waals surface area contributed by atoms with E-state index in [0.717, 1.165) is 11.1 Å². The number of benzene rings is 1. The van der Waals surface area contributed by atoms with Crippen LogP contribution in [0.3, 0.4) is 0 Å². The molecular formula is C25H27ClN6O6. The van der Waals surface area contributed by atoms with Gasteiger partial charge in [0.15, 0.2) is 23.2 Å². The van der Waals surface area contributed by atoms with Crippen LogP contribution in [0, 0.1) is 6.92 Å². The second-order valence-electron chi connectivity index (χ2n) is 9.19. The van der Waals surface area contributed by atoms with Gasteiger partial charge >= 0.3 is 0 Å². The Bertz CT molecular complexity index is 1410. The summed E-state index contributed by atoms with van der Waals surface area (Å²) in [6.07, 6.45) is -0.878. The van der Waals surface area contributed by atoms with Gasteiger partial charge in [0.2, 0.25) is 5.91 Å². The van der Waals surface area contributed by atoms with Crippen molar-refractivity contribution in [1.82, 2.24) is 24.8 Å². The first kappa shape index (κ1) is 26.2. The number of halogens is 1. The summed E-state index contributed by atoms with van der Waals surface area (Å²) in [4.78, 5) is 26.1. The van der Waals surface area contributed by atoms with Gasteiger partial charge in [0, 0.05) is 17.2 Å². The van der Waals surface area contributed by atoms with Crippen LogP contribution in [-0.4, -0.2) is 82.9 Å². The van der Waals surface area contributed by atoms with Gasteiger partial charge in [0.05, 0.1) is 12.9 Å². The van der Waals surface area contributed by atoms with E-state index < -0.39 is 49.2 Å². The molecule has 5 rings (SSSR count). The fourth-order valence-corrected chi connectivity index (χ4v) is 4.78. The third-order valence-corrected chi connectivity index (χ3v) is 6.96. The number of hydrogen-bond acceptors (Lipinski definition) is 10. The minimum absolute atomic E-state index is 0.00659. The average Bonchev–Trinajstić information content (AvgIpc) is 3.47. The number of nitrogens with one attached hydrogen (secondary N) is 2. The van der Waals surface area contributed by atoms with Gasteiger partial charge in [-0.1, -0.05) is 41.4 Å². The summed E-state index contributed by atoms with van der Waals surface area (Å²) >= 11 is 5.85. The molecule has 3 heterocycles. The molecule has 2 aliphatic rings. The number of ether oxygens (including phenoxy) is 1. The quantitative estimate of drug-likeness (QED) is 0.243. The summed E-state index contributed by atoms with van der Waals surface area (Å²) in [5.74, 6) is -0.256. The first-order valence-corrected chi connectivity index (χ1v) is 12.3. The molecule has 1 amide bonds. The summed E-state index contributed by atoms with van der Waals surface area (Å²) in [7, 11) is 0. The molecule has 1 aromatic carbocycles. The van der Waals surface area contributed by atoms with E-state index in [1.165, 1.54) is 29.4 Å². The van der Waals surface area contributed by atoms with E-state index in [4.69, 9.17) is 16.3 Å². The Hall–Kier alpha value is -3.39. The number of aliphatic hydroxyl groups is 4. The second kappa shape index (κ2) is 10.8. The molecule has 2 unspecified atom stereocenters. The minimum atomic E-state index is -1.55. The molecule has 6 atom stereocenters. The number of carbonyl (C=O) groups excluding carboxylic acids is 1. The molecule has 1 aliphatic carbocycles. The monoisotopic (exact) mass is 542 g/mol. The maximum absolute atomic E-state index is 13.0. The van der Waals surface area contributed by atoms with Crippen molar-refractivity contribution < 1.29 is 30.0 Å². The van der Waals surface area contributed by atoms with Gasteiger partial charge in [-0.05, 0) is 24.6 Å². The first-order chi connectivity index (χ1) is 18.3. The Labute approximate surface area is 222 Å². The Morgan fingerprint density at radius 3 is 2.74 bits per heavy atom. The predicted octanol–water partition coefficient (Wildman–Crippen LogP) is 0.267. The number of fused-ring (bicyclic) bond motifs is 1. The zero-order valence-electron chi connectivity index (χ0n) is 20.3. The van der Waals surface area contributed by atoms with E-state index in [1.54, 1.807) is 0 Å². The van der Waals surface area contributed by atoms with Crippen LogP contribution in [0.25, 0.3) is 11.2 Å². The lowest BCUT2D eigenvalue weighted by Crippen LogP contribution is -2.49. The summed E-state index contributed by atoms with van der Waals surface area (Å²) in [5, 5.41) is 46.8. The number of hydrogen-bond donors (Lipinski definition) is 6. The lowest BCUT2D eigenvalue weighted by molar-refractivity contribution is -0.121. The molecule has 1 fully saturated rings. The Morgan fingerprint density at radius 2 is 1.97 bits per heavy atom. The number of aromatic nitrogens is 4. The number of carbonyl (C=O) groups is 1. The van der Waals surface area contributed by atoms with Crippen LogP contribution in [0.4, 0.5) is 5.82 Å². The van der Waals surface area contributed by atoms with Crippen molar-refractivity contribution in [2.24, 2.45) is 0 Å². The third kappa shape index (κ3) is 4.89. The average molecular weight is 543 g/mol. The SMILES string of the molecule is Cc1cccc(CNc2ncnc3c2ncn3[C@@H]2O[C@H](CO)[C@@H](O)[C@H]2NC(=O)C2=CC=C(Cl)C(O)C2O)c1. The van der Waals surface area contributed by atoms with Crippen LogP contribution in [0.5, 0.6) is 0 Å². The van der Waals surface area contributed by atoms with Crippen LogP contribution in [0.2, 0.25) is 0 Å². The van der Waals surface area contributed by atoms with Crippen molar-refractivity contribution in [3.63, 3.8) is 0 Å². The van der Waals surface area contributed by atoms with E-state index >= 15 is 0 Å². The maximum atomic E-state index is 13.0. The molecule has 12 nitrogen and oxygen atoms in total. The number of aliphatic hydroxyl groups excluding tert-OH is 4. The predicted molar refractivity (Wildman–Crippen MR) is 137 cm³/mol. The fourth-order valence-electron chi connectivity index (χ4n) is 4.60. The summed E-state index contributed by atoms with van der Waals surface area (Å²) in [6, 6.07) is 6.98. The molecule has 3 aromatic rings. The van der Waals surface area contributed by atoms with Gasteiger partial charge in [-0.25, -0.2) is 15.0 Å². The van der Waals surface area contributed by atoms with Gasteiger partial charge in [-0.2, -0.15) is 0 Å². The Morgan fingerprint density at radius 1 is 1.16 bits per heavy atom. The van der Waals surface area contributed by atoms with Crippen LogP contribution >= 0.6 is 11.6 Å². The van der Waals surface area contributed by atoms with Gasteiger partial charge in [-0.15, -0.1) is 0 Å². The van der Waals surface area contributed by atoms with E-state index in [0.29, 0.717) is 23.5 Å².